The van der Waals surface area contributed by atoms with Crippen molar-refractivity contribution in [2.24, 2.45) is 0 Å². The van der Waals surface area contributed by atoms with Gasteiger partial charge in [0.05, 0.1) is 14.8 Å². The second-order valence-corrected chi connectivity index (χ2v) is 7.47. The van der Waals surface area contributed by atoms with Gasteiger partial charge in [0.25, 0.3) is 0 Å². The van der Waals surface area contributed by atoms with Crippen LogP contribution in [0.1, 0.15) is 26.5 Å². The number of fused-ring (bicyclic) bond motifs is 1. The molecule has 0 spiro atoms. The van der Waals surface area contributed by atoms with Crippen molar-refractivity contribution in [2.45, 2.75) is 26.4 Å². The normalized spacial score (nSPS) is 11.3. The quantitative estimate of drug-likeness (QED) is 0.519. The van der Waals surface area contributed by atoms with Crippen LogP contribution in [-0.4, -0.2) is 26.2 Å². The maximum Gasteiger partial charge on any atom is 0.419 e. The minimum Gasteiger partial charge on any atom is -0.443 e. The first kappa shape index (κ1) is 17.4. The molecule has 0 bridgehead atoms. The molecule has 0 atom stereocenters. The predicted octanol–water partition coefficient (Wildman–Crippen LogP) is 4.36. The van der Waals surface area contributed by atoms with E-state index < -0.39 is 11.7 Å². The average molecular weight is 446 g/mol. The Hall–Kier alpha value is -2.47. The number of hydrogen-bond acceptors (Lipinski definition) is 5. The van der Waals surface area contributed by atoms with Crippen LogP contribution in [0.5, 0.6) is 0 Å². The van der Waals surface area contributed by atoms with E-state index in [0.717, 1.165) is 9.13 Å². The Morgan fingerprint density at radius 3 is 2.52 bits per heavy atom. The number of nitrogens with zero attached hydrogens (tertiary/aromatic N) is 4. The van der Waals surface area contributed by atoms with Crippen molar-refractivity contribution >= 4 is 39.7 Å². The van der Waals surface area contributed by atoms with Gasteiger partial charge in [-0.25, -0.2) is 14.3 Å². The molecule has 0 aliphatic rings. The summed E-state index contributed by atoms with van der Waals surface area (Å²) >= 11 is 2.15. The molecule has 3 aromatic heterocycles. The number of ether oxygens (including phenoxy) is 1. The molecular formula is C18H15IN4O2. The molecule has 0 aliphatic heterocycles. The van der Waals surface area contributed by atoms with E-state index in [9.17, 15) is 4.79 Å². The molecule has 0 fully saturated rings. The molecule has 7 heteroatoms. The molecule has 0 saturated carbocycles. The maximum absolute atomic E-state index is 12.9. The van der Waals surface area contributed by atoms with E-state index >= 15 is 0 Å². The molecule has 0 N–H and O–H groups in total. The van der Waals surface area contributed by atoms with E-state index in [0.29, 0.717) is 22.4 Å². The Balaban J connectivity index is 2.32. The lowest BCUT2D eigenvalue weighted by molar-refractivity contribution is 0.0547. The van der Waals surface area contributed by atoms with Crippen LogP contribution >= 0.6 is 22.6 Å². The summed E-state index contributed by atoms with van der Waals surface area (Å²) < 4.78 is 7.86. The highest BCUT2D eigenvalue weighted by Gasteiger charge is 2.26. The number of aromatic nitrogens is 3. The molecule has 3 rings (SSSR count). The van der Waals surface area contributed by atoms with Crippen molar-refractivity contribution in [3.8, 4) is 17.3 Å². The van der Waals surface area contributed by atoms with E-state index in [1.807, 2.05) is 39.0 Å². The molecule has 3 heterocycles. The zero-order chi connectivity index (χ0) is 18.2. The SMILES string of the molecule is CC(C)(C)OC(=O)n1c(-c2ccncc2)c(I)c2nc(C#N)ccc21. The Kier molecular flexibility index (Phi) is 4.47. The summed E-state index contributed by atoms with van der Waals surface area (Å²) in [6.07, 6.45) is 2.84. The lowest BCUT2D eigenvalue weighted by atomic mass is 10.2. The first-order valence-electron chi connectivity index (χ1n) is 7.56. The molecule has 0 aromatic carbocycles. The topological polar surface area (TPSA) is 80.8 Å². The molecule has 0 aliphatic carbocycles. The second-order valence-electron chi connectivity index (χ2n) is 6.39. The third-order valence-electron chi connectivity index (χ3n) is 3.40. The molecule has 3 aromatic rings. The molecule has 126 valence electrons. The third kappa shape index (κ3) is 3.35. The fourth-order valence-corrected chi connectivity index (χ4v) is 3.40. The number of pyridine rings is 2. The lowest BCUT2D eigenvalue weighted by Gasteiger charge is -2.21. The van der Waals surface area contributed by atoms with Crippen molar-refractivity contribution in [1.82, 2.24) is 14.5 Å². The van der Waals surface area contributed by atoms with Gasteiger partial charge in [0, 0.05) is 18.0 Å². The number of halogens is 1. The molecule has 0 unspecified atom stereocenters. The minimum atomic E-state index is -0.630. The van der Waals surface area contributed by atoms with Gasteiger partial charge in [0.2, 0.25) is 0 Å². The first-order valence-corrected chi connectivity index (χ1v) is 8.64. The summed E-state index contributed by atoms with van der Waals surface area (Å²) in [5.74, 6) is 0. The molecule has 6 nitrogen and oxygen atoms in total. The Labute approximate surface area is 158 Å². The fourth-order valence-electron chi connectivity index (χ4n) is 2.45. The van der Waals surface area contributed by atoms with E-state index in [4.69, 9.17) is 10.00 Å². The van der Waals surface area contributed by atoms with Gasteiger partial charge in [-0.1, -0.05) is 0 Å². The second kappa shape index (κ2) is 6.44. The van der Waals surface area contributed by atoms with Gasteiger partial charge in [-0.2, -0.15) is 5.26 Å². The zero-order valence-corrected chi connectivity index (χ0v) is 16.1. The Bertz CT molecular complexity index is 998. The number of nitriles is 1. The largest absolute Gasteiger partial charge is 0.443 e. The Morgan fingerprint density at radius 2 is 1.92 bits per heavy atom. The summed E-state index contributed by atoms with van der Waals surface area (Å²) in [6, 6.07) is 8.99. The van der Waals surface area contributed by atoms with Crippen molar-refractivity contribution in [3.63, 3.8) is 0 Å². The van der Waals surface area contributed by atoms with Crippen LogP contribution in [0.4, 0.5) is 4.79 Å². The van der Waals surface area contributed by atoms with Gasteiger partial charge in [-0.3, -0.25) is 4.98 Å². The van der Waals surface area contributed by atoms with Gasteiger partial charge >= 0.3 is 6.09 Å². The van der Waals surface area contributed by atoms with Crippen molar-refractivity contribution in [3.05, 3.63) is 45.9 Å². The molecule has 0 saturated heterocycles. The van der Waals surface area contributed by atoms with Crippen LogP contribution in [0.2, 0.25) is 0 Å². The number of rotatable bonds is 1. The lowest BCUT2D eigenvalue weighted by Crippen LogP contribution is -2.27. The third-order valence-corrected chi connectivity index (χ3v) is 4.42. The summed E-state index contributed by atoms with van der Waals surface area (Å²) in [5.41, 5.74) is 2.36. The van der Waals surface area contributed by atoms with E-state index in [1.165, 1.54) is 4.57 Å². The van der Waals surface area contributed by atoms with E-state index in [2.05, 4.69) is 32.6 Å². The number of carbonyl (C=O) groups is 1. The monoisotopic (exact) mass is 446 g/mol. The van der Waals surface area contributed by atoms with Gasteiger partial charge in [0.15, 0.2) is 0 Å². The highest BCUT2D eigenvalue weighted by molar-refractivity contribution is 14.1. The first-order chi connectivity index (χ1) is 11.8. The van der Waals surface area contributed by atoms with Crippen LogP contribution in [-0.2, 0) is 4.74 Å². The van der Waals surface area contributed by atoms with Gasteiger partial charge in [-0.15, -0.1) is 0 Å². The maximum atomic E-state index is 12.9. The molecule has 0 amide bonds. The van der Waals surface area contributed by atoms with Crippen LogP contribution in [0.25, 0.3) is 22.3 Å². The number of hydrogen-bond donors (Lipinski definition) is 0. The molecular weight excluding hydrogens is 431 g/mol. The standard InChI is InChI=1S/C18H15IN4O2/c1-18(2,3)25-17(24)23-13-5-4-12(10-20)22-15(13)14(19)16(23)11-6-8-21-9-7-11/h4-9H,1-3H3. The van der Waals surface area contributed by atoms with Crippen LogP contribution < -0.4 is 0 Å². The smallest absolute Gasteiger partial charge is 0.419 e. The van der Waals surface area contributed by atoms with Gasteiger partial charge in [0.1, 0.15) is 22.9 Å². The van der Waals surface area contributed by atoms with Gasteiger partial charge < -0.3 is 4.74 Å². The average Bonchev–Trinajstić information content (AvgIpc) is 2.86. The fraction of sp³-hybridized carbons (Fsp3) is 0.222. The zero-order valence-electron chi connectivity index (χ0n) is 13.9. The summed E-state index contributed by atoms with van der Waals surface area (Å²) in [4.78, 5) is 21.3. The number of carbonyl (C=O) groups excluding carboxylic acids is 1. The molecule has 0 radical (unpaired) electrons. The van der Waals surface area contributed by atoms with E-state index in [1.54, 1.807) is 24.5 Å². The minimum absolute atomic E-state index is 0.299. The van der Waals surface area contributed by atoms with E-state index in [-0.39, 0.29) is 0 Å². The van der Waals surface area contributed by atoms with Gasteiger partial charge in [-0.05, 0) is 67.6 Å². The van der Waals surface area contributed by atoms with Crippen molar-refractivity contribution < 1.29 is 9.53 Å². The predicted molar refractivity (Wildman–Crippen MR) is 102 cm³/mol. The summed E-state index contributed by atoms with van der Waals surface area (Å²) in [6.45, 7) is 5.46. The summed E-state index contributed by atoms with van der Waals surface area (Å²) in [7, 11) is 0. The summed E-state index contributed by atoms with van der Waals surface area (Å²) in [5, 5.41) is 9.12. The highest BCUT2D eigenvalue weighted by atomic mass is 127. The highest BCUT2D eigenvalue weighted by Crippen LogP contribution is 2.34. The van der Waals surface area contributed by atoms with Crippen LogP contribution in [0.3, 0.4) is 0 Å². The molecule has 25 heavy (non-hydrogen) atoms. The van der Waals surface area contributed by atoms with Crippen LogP contribution in [0.15, 0.2) is 36.7 Å². The van der Waals surface area contributed by atoms with Crippen LogP contribution in [0, 0.1) is 14.9 Å². The Morgan fingerprint density at radius 1 is 1.24 bits per heavy atom. The van der Waals surface area contributed by atoms with Crippen molar-refractivity contribution in [2.75, 3.05) is 0 Å². The van der Waals surface area contributed by atoms with Crippen molar-refractivity contribution in [1.29, 1.82) is 5.26 Å².